The van der Waals surface area contributed by atoms with E-state index >= 15 is 0 Å². The van der Waals surface area contributed by atoms with E-state index in [0.29, 0.717) is 39.5 Å². The summed E-state index contributed by atoms with van der Waals surface area (Å²) in [6.07, 6.45) is 6.10. The highest BCUT2D eigenvalue weighted by molar-refractivity contribution is 7.22. The number of hydrogen-bond donors (Lipinski definition) is 0. The van der Waals surface area contributed by atoms with E-state index < -0.39 is 0 Å². The summed E-state index contributed by atoms with van der Waals surface area (Å²) in [6.45, 7) is 3.20. The van der Waals surface area contributed by atoms with Crippen LogP contribution < -0.4 is 9.64 Å². The third-order valence-electron chi connectivity index (χ3n) is 4.90. The largest absolute Gasteiger partial charge is 0.494 e. The van der Waals surface area contributed by atoms with Crippen LogP contribution in [0.2, 0.25) is 10.0 Å². The lowest BCUT2D eigenvalue weighted by Gasteiger charge is -2.21. The van der Waals surface area contributed by atoms with E-state index in [0.717, 1.165) is 22.3 Å². The van der Waals surface area contributed by atoms with Gasteiger partial charge >= 0.3 is 0 Å². The first-order valence-corrected chi connectivity index (χ1v) is 11.2. The smallest absolute Gasteiger partial charge is 0.261 e. The van der Waals surface area contributed by atoms with Crippen molar-refractivity contribution in [3.8, 4) is 5.75 Å². The number of rotatable bonds is 7. The number of imidazole rings is 1. The maximum absolute atomic E-state index is 13.5. The van der Waals surface area contributed by atoms with Crippen LogP contribution in [0, 0.1) is 6.92 Å². The van der Waals surface area contributed by atoms with Crippen molar-refractivity contribution in [2.75, 3.05) is 18.6 Å². The lowest BCUT2D eigenvalue weighted by Crippen LogP contribution is -2.32. The first-order chi connectivity index (χ1) is 15.0. The van der Waals surface area contributed by atoms with E-state index in [1.165, 1.54) is 11.3 Å². The summed E-state index contributed by atoms with van der Waals surface area (Å²) in [5, 5.41) is 1.39. The number of thiazole rings is 1. The molecule has 0 unspecified atom stereocenters. The van der Waals surface area contributed by atoms with E-state index in [2.05, 4.69) is 4.98 Å². The monoisotopic (exact) mass is 474 g/mol. The lowest BCUT2D eigenvalue weighted by atomic mass is 10.2. The average molecular weight is 475 g/mol. The quantitative estimate of drug-likeness (QED) is 0.336. The zero-order valence-electron chi connectivity index (χ0n) is 17.0. The number of methoxy groups -OCH3 is 1. The minimum atomic E-state index is -0.242. The van der Waals surface area contributed by atoms with Crippen LogP contribution in [0.15, 0.2) is 49.1 Å². The first-order valence-electron chi connectivity index (χ1n) is 9.64. The van der Waals surface area contributed by atoms with Gasteiger partial charge in [-0.25, -0.2) is 9.97 Å². The van der Waals surface area contributed by atoms with E-state index in [9.17, 15) is 4.79 Å². The Morgan fingerprint density at radius 1 is 1.26 bits per heavy atom. The molecular formula is C22H20Cl2N4O2S. The molecule has 1 amide bonds. The Bertz CT molecular complexity index is 1220. The van der Waals surface area contributed by atoms with Gasteiger partial charge in [-0.3, -0.25) is 9.69 Å². The summed E-state index contributed by atoms with van der Waals surface area (Å²) in [5.74, 6) is 0.434. The molecule has 0 aliphatic rings. The summed E-state index contributed by atoms with van der Waals surface area (Å²) < 4.78 is 8.44. The Morgan fingerprint density at radius 2 is 2.10 bits per heavy atom. The third kappa shape index (κ3) is 4.54. The molecule has 0 saturated heterocycles. The molecule has 0 saturated carbocycles. The fourth-order valence-electron chi connectivity index (χ4n) is 3.30. The molecular weight excluding hydrogens is 455 g/mol. The standard InChI is InChI=1S/C22H20Cl2N4O2S/c1-14-4-7-18(30-2)19-20(14)31-22(26-19)28(10-3-9-27-11-8-25-13-27)21(29)16-12-15(23)5-6-17(16)24/h4-8,11-13H,3,9-10H2,1-2H3. The van der Waals surface area contributed by atoms with Crippen molar-refractivity contribution in [1.82, 2.24) is 14.5 Å². The molecule has 0 radical (unpaired) electrons. The van der Waals surface area contributed by atoms with Crippen molar-refractivity contribution in [3.63, 3.8) is 0 Å². The number of ether oxygens (including phenoxy) is 1. The molecule has 0 aliphatic heterocycles. The molecule has 2 aromatic heterocycles. The van der Waals surface area contributed by atoms with Gasteiger partial charge in [0.05, 0.1) is 28.7 Å². The summed E-state index contributed by atoms with van der Waals surface area (Å²) in [4.78, 5) is 24.0. The predicted octanol–water partition coefficient (Wildman–Crippen LogP) is 5.85. The molecule has 2 heterocycles. The van der Waals surface area contributed by atoms with E-state index in [1.807, 2.05) is 29.8 Å². The van der Waals surface area contributed by atoms with E-state index in [4.69, 9.17) is 32.9 Å². The molecule has 4 aromatic rings. The maximum Gasteiger partial charge on any atom is 0.261 e. The number of benzene rings is 2. The second kappa shape index (κ2) is 9.26. The Hall–Kier alpha value is -2.61. The zero-order valence-corrected chi connectivity index (χ0v) is 19.3. The van der Waals surface area contributed by atoms with Crippen molar-refractivity contribution in [2.24, 2.45) is 0 Å². The normalized spacial score (nSPS) is 11.1. The summed E-state index contributed by atoms with van der Waals surface area (Å²) in [7, 11) is 1.61. The van der Waals surface area contributed by atoms with Gasteiger partial charge in [-0.15, -0.1) is 0 Å². The number of aromatic nitrogens is 3. The molecule has 6 nitrogen and oxygen atoms in total. The third-order valence-corrected chi connectivity index (χ3v) is 6.68. The maximum atomic E-state index is 13.5. The number of fused-ring (bicyclic) bond motifs is 1. The highest BCUT2D eigenvalue weighted by atomic mass is 35.5. The lowest BCUT2D eigenvalue weighted by molar-refractivity contribution is 0.0986. The van der Waals surface area contributed by atoms with Gasteiger partial charge in [0.1, 0.15) is 11.3 Å². The van der Waals surface area contributed by atoms with Crippen LogP contribution in [-0.2, 0) is 6.54 Å². The summed E-state index contributed by atoms with van der Waals surface area (Å²) in [6, 6.07) is 8.76. The number of carbonyl (C=O) groups is 1. The van der Waals surface area contributed by atoms with E-state index in [1.54, 1.807) is 42.7 Å². The SMILES string of the molecule is COc1ccc(C)c2sc(N(CCCn3ccnc3)C(=O)c3cc(Cl)ccc3Cl)nc12. The van der Waals surface area contributed by atoms with Gasteiger partial charge in [0, 0.05) is 30.5 Å². The second-order valence-corrected chi connectivity index (χ2v) is 8.82. The van der Waals surface area contributed by atoms with E-state index in [-0.39, 0.29) is 5.91 Å². The van der Waals surface area contributed by atoms with Gasteiger partial charge in [0.2, 0.25) is 0 Å². The van der Waals surface area contributed by atoms with Crippen molar-refractivity contribution in [2.45, 2.75) is 19.9 Å². The van der Waals surface area contributed by atoms with Crippen molar-refractivity contribution in [3.05, 3.63) is 70.2 Å². The van der Waals surface area contributed by atoms with Crippen LogP contribution >= 0.6 is 34.5 Å². The average Bonchev–Trinajstić information content (AvgIpc) is 3.43. The molecule has 0 spiro atoms. The highest BCUT2D eigenvalue weighted by Crippen LogP contribution is 2.37. The fraction of sp³-hybridized carbons (Fsp3) is 0.227. The van der Waals surface area contributed by atoms with Crippen LogP contribution in [0.4, 0.5) is 5.13 Å². The Balaban J connectivity index is 1.72. The Kier molecular flexibility index (Phi) is 6.46. The van der Waals surface area contributed by atoms with Crippen LogP contribution in [0.5, 0.6) is 5.75 Å². The van der Waals surface area contributed by atoms with Gasteiger partial charge in [-0.05, 0) is 43.2 Å². The molecule has 4 rings (SSSR count). The number of hydrogen-bond acceptors (Lipinski definition) is 5. The highest BCUT2D eigenvalue weighted by Gasteiger charge is 2.24. The summed E-state index contributed by atoms with van der Waals surface area (Å²) >= 11 is 13.9. The van der Waals surface area contributed by atoms with Gasteiger partial charge in [0.25, 0.3) is 5.91 Å². The molecule has 31 heavy (non-hydrogen) atoms. The van der Waals surface area contributed by atoms with Crippen LogP contribution in [0.25, 0.3) is 10.2 Å². The topological polar surface area (TPSA) is 60.2 Å². The minimum absolute atomic E-state index is 0.242. The molecule has 0 atom stereocenters. The molecule has 0 fully saturated rings. The van der Waals surface area contributed by atoms with Crippen LogP contribution in [-0.4, -0.2) is 34.1 Å². The molecule has 2 aromatic carbocycles. The molecule has 0 bridgehead atoms. The van der Waals surface area contributed by atoms with Gasteiger partial charge in [-0.2, -0.15) is 0 Å². The second-order valence-electron chi connectivity index (χ2n) is 6.99. The van der Waals surface area contributed by atoms with Gasteiger partial charge in [0.15, 0.2) is 5.13 Å². The zero-order chi connectivity index (χ0) is 22.0. The number of anilines is 1. The Labute approximate surface area is 194 Å². The number of nitrogens with zero attached hydrogens (tertiary/aromatic N) is 4. The molecule has 9 heteroatoms. The number of carbonyl (C=O) groups excluding carboxylic acids is 1. The molecule has 0 N–H and O–H groups in total. The number of amides is 1. The number of aryl methyl sites for hydroxylation is 2. The molecule has 0 aliphatic carbocycles. The van der Waals surface area contributed by atoms with Gasteiger partial charge in [-0.1, -0.05) is 40.6 Å². The number of halogens is 2. The van der Waals surface area contributed by atoms with Crippen molar-refractivity contribution >= 4 is 55.8 Å². The Morgan fingerprint density at radius 3 is 2.84 bits per heavy atom. The van der Waals surface area contributed by atoms with Crippen molar-refractivity contribution < 1.29 is 9.53 Å². The van der Waals surface area contributed by atoms with Crippen molar-refractivity contribution in [1.29, 1.82) is 0 Å². The first kappa shape index (κ1) is 21.6. The minimum Gasteiger partial charge on any atom is -0.494 e. The predicted molar refractivity (Wildman–Crippen MR) is 126 cm³/mol. The summed E-state index contributed by atoms with van der Waals surface area (Å²) in [5.41, 5.74) is 2.16. The van der Waals surface area contributed by atoms with Gasteiger partial charge < -0.3 is 9.30 Å². The van der Waals surface area contributed by atoms with Crippen LogP contribution in [0.3, 0.4) is 0 Å². The molecule has 160 valence electrons. The fourth-order valence-corrected chi connectivity index (χ4v) is 4.75. The van der Waals surface area contributed by atoms with Crippen LogP contribution in [0.1, 0.15) is 22.3 Å².